The molecule has 7 nitrogen and oxygen atoms in total. The van der Waals surface area contributed by atoms with Crippen molar-refractivity contribution in [3.63, 3.8) is 0 Å². The van der Waals surface area contributed by atoms with Gasteiger partial charge in [-0.25, -0.2) is 9.78 Å². The molecule has 1 aliphatic rings. The Labute approximate surface area is 123 Å². The van der Waals surface area contributed by atoms with Gasteiger partial charge in [-0.15, -0.1) is 0 Å². The molecule has 0 radical (unpaired) electrons. The number of nitrogens with zero attached hydrogens (tertiary/aromatic N) is 2. The number of aliphatic hydroxyl groups is 1. The van der Waals surface area contributed by atoms with Gasteiger partial charge in [0.25, 0.3) is 0 Å². The smallest absolute Gasteiger partial charge is 0.340 e. The molecule has 7 heteroatoms. The lowest BCUT2D eigenvalue weighted by Gasteiger charge is -2.32. The molecule has 0 aromatic carbocycles. The first-order valence-electron chi connectivity index (χ1n) is 6.97. The SMILES string of the molecule is COC(=O)c1cc(N2CCC(OCCO)CC2)ncc1N. The number of methoxy groups -OCH3 is 1. The van der Waals surface area contributed by atoms with Crippen LogP contribution in [0.3, 0.4) is 0 Å². The number of aliphatic hydroxyl groups excluding tert-OH is 1. The van der Waals surface area contributed by atoms with Gasteiger partial charge in [-0.1, -0.05) is 0 Å². The summed E-state index contributed by atoms with van der Waals surface area (Å²) < 4.78 is 10.2. The quantitative estimate of drug-likeness (QED) is 0.760. The van der Waals surface area contributed by atoms with E-state index in [9.17, 15) is 4.79 Å². The van der Waals surface area contributed by atoms with Gasteiger partial charge < -0.3 is 25.2 Å². The molecule has 1 fully saturated rings. The monoisotopic (exact) mass is 295 g/mol. The fourth-order valence-electron chi connectivity index (χ4n) is 2.39. The van der Waals surface area contributed by atoms with Crippen molar-refractivity contribution >= 4 is 17.5 Å². The molecule has 0 atom stereocenters. The molecule has 3 N–H and O–H groups in total. The summed E-state index contributed by atoms with van der Waals surface area (Å²) in [4.78, 5) is 18.0. The molecule has 1 aromatic heterocycles. The van der Waals surface area contributed by atoms with Crippen molar-refractivity contribution in [3.8, 4) is 0 Å². The van der Waals surface area contributed by atoms with E-state index in [-0.39, 0.29) is 12.7 Å². The van der Waals surface area contributed by atoms with Crippen LogP contribution >= 0.6 is 0 Å². The maximum Gasteiger partial charge on any atom is 0.340 e. The number of anilines is 2. The van der Waals surface area contributed by atoms with Gasteiger partial charge in [0.2, 0.25) is 0 Å². The van der Waals surface area contributed by atoms with E-state index in [4.69, 9.17) is 20.3 Å². The topological polar surface area (TPSA) is 97.9 Å². The Bertz CT molecular complexity index is 487. The molecule has 0 bridgehead atoms. The third kappa shape index (κ3) is 3.83. The summed E-state index contributed by atoms with van der Waals surface area (Å²) in [6, 6.07) is 1.66. The normalized spacial score (nSPS) is 16.0. The van der Waals surface area contributed by atoms with Crippen LogP contribution in [0, 0.1) is 0 Å². The van der Waals surface area contributed by atoms with E-state index < -0.39 is 5.97 Å². The number of nitrogens with two attached hydrogens (primary N) is 1. The Morgan fingerprint density at radius 2 is 2.24 bits per heavy atom. The van der Waals surface area contributed by atoms with E-state index in [1.165, 1.54) is 13.3 Å². The van der Waals surface area contributed by atoms with Crippen LogP contribution in [-0.2, 0) is 9.47 Å². The van der Waals surface area contributed by atoms with Gasteiger partial charge >= 0.3 is 5.97 Å². The average molecular weight is 295 g/mol. The Hall–Kier alpha value is -1.86. The van der Waals surface area contributed by atoms with Crippen molar-refractivity contribution in [2.45, 2.75) is 18.9 Å². The number of carbonyl (C=O) groups is 1. The lowest BCUT2D eigenvalue weighted by atomic mass is 10.1. The summed E-state index contributed by atoms with van der Waals surface area (Å²) in [6.07, 6.45) is 3.37. The van der Waals surface area contributed by atoms with Gasteiger partial charge in [-0.2, -0.15) is 0 Å². The van der Waals surface area contributed by atoms with Crippen LogP contribution in [0.25, 0.3) is 0 Å². The van der Waals surface area contributed by atoms with Gasteiger partial charge in [0, 0.05) is 13.1 Å². The number of pyridine rings is 1. The number of aromatic nitrogens is 1. The second-order valence-electron chi connectivity index (χ2n) is 4.90. The molecule has 1 saturated heterocycles. The largest absolute Gasteiger partial charge is 0.465 e. The molecule has 21 heavy (non-hydrogen) atoms. The van der Waals surface area contributed by atoms with Crippen LogP contribution < -0.4 is 10.6 Å². The highest BCUT2D eigenvalue weighted by molar-refractivity contribution is 5.95. The number of ether oxygens (including phenoxy) is 2. The van der Waals surface area contributed by atoms with Crippen LogP contribution in [0.1, 0.15) is 23.2 Å². The third-order valence-electron chi connectivity index (χ3n) is 3.54. The number of rotatable bonds is 5. The predicted molar refractivity (Wildman–Crippen MR) is 78.3 cm³/mol. The van der Waals surface area contributed by atoms with Crippen LogP contribution in [0.15, 0.2) is 12.3 Å². The second kappa shape index (κ2) is 7.24. The zero-order valence-electron chi connectivity index (χ0n) is 12.1. The van der Waals surface area contributed by atoms with Crippen LogP contribution in [0.4, 0.5) is 11.5 Å². The lowest BCUT2D eigenvalue weighted by Crippen LogP contribution is -2.38. The van der Waals surface area contributed by atoms with Crippen molar-refractivity contribution in [1.29, 1.82) is 0 Å². The lowest BCUT2D eigenvalue weighted by molar-refractivity contribution is 0.0158. The Morgan fingerprint density at radius 1 is 1.52 bits per heavy atom. The summed E-state index contributed by atoms with van der Waals surface area (Å²) in [6.45, 7) is 1.99. The number of hydrogen-bond donors (Lipinski definition) is 2. The average Bonchev–Trinajstić information content (AvgIpc) is 2.53. The standard InChI is InChI=1S/C14H21N3O4/c1-20-14(19)11-8-13(16-9-12(11)15)17-4-2-10(3-5-17)21-7-6-18/h8-10,18H,2-7,15H2,1H3. The van der Waals surface area contributed by atoms with Crippen LogP contribution in [0.5, 0.6) is 0 Å². The summed E-state index contributed by atoms with van der Waals surface area (Å²) in [5, 5.41) is 8.76. The zero-order valence-corrected chi connectivity index (χ0v) is 12.1. The minimum Gasteiger partial charge on any atom is -0.465 e. The van der Waals surface area contributed by atoms with Crippen molar-refractivity contribution in [3.05, 3.63) is 17.8 Å². The van der Waals surface area contributed by atoms with E-state index in [0.29, 0.717) is 23.7 Å². The number of hydrogen-bond acceptors (Lipinski definition) is 7. The number of carbonyl (C=O) groups excluding carboxylic acids is 1. The Kier molecular flexibility index (Phi) is 5.35. The van der Waals surface area contributed by atoms with Crippen LogP contribution in [0.2, 0.25) is 0 Å². The molecule has 0 aliphatic carbocycles. The van der Waals surface area contributed by atoms with Crippen molar-refractivity contribution < 1.29 is 19.4 Å². The van der Waals surface area contributed by atoms with E-state index >= 15 is 0 Å². The minimum atomic E-state index is -0.461. The maximum absolute atomic E-state index is 11.6. The van der Waals surface area contributed by atoms with Gasteiger partial charge in [-0.3, -0.25) is 0 Å². The van der Waals surface area contributed by atoms with E-state index in [2.05, 4.69) is 9.88 Å². The van der Waals surface area contributed by atoms with E-state index in [1.807, 2.05) is 0 Å². The molecule has 0 spiro atoms. The van der Waals surface area contributed by atoms with Gasteiger partial charge in [-0.05, 0) is 18.9 Å². The molecule has 1 aromatic rings. The van der Waals surface area contributed by atoms with E-state index in [1.54, 1.807) is 6.07 Å². The van der Waals surface area contributed by atoms with Gasteiger partial charge in [0.15, 0.2) is 0 Å². The number of nitrogen functional groups attached to an aromatic ring is 1. The highest BCUT2D eigenvalue weighted by atomic mass is 16.5. The molecule has 0 unspecified atom stereocenters. The minimum absolute atomic E-state index is 0.0439. The molecule has 0 saturated carbocycles. The summed E-state index contributed by atoms with van der Waals surface area (Å²) in [5.41, 5.74) is 6.39. The van der Waals surface area contributed by atoms with Crippen molar-refractivity contribution in [2.75, 3.05) is 44.0 Å². The Morgan fingerprint density at radius 3 is 2.86 bits per heavy atom. The van der Waals surface area contributed by atoms with Crippen LogP contribution in [-0.4, -0.2) is 55.6 Å². The molecule has 116 valence electrons. The second-order valence-corrected chi connectivity index (χ2v) is 4.90. The maximum atomic E-state index is 11.6. The fraction of sp³-hybridized carbons (Fsp3) is 0.571. The zero-order chi connectivity index (χ0) is 15.2. The molecule has 2 rings (SSSR count). The number of esters is 1. The van der Waals surface area contributed by atoms with Crippen molar-refractivity contribution in [1.82, 2.24) is 4.98 Å². The van der Waals surface area contributed by atoms with Crippen molar-refractivity contribution in [2.24, 2.45) is 0 Å². The van der Waals surface area contributed by atoms with Gasteiger partial charge in [0.1, 0.15) is 5.82 Å². The van der Waals surface area contributed by atoms with Gasteiger partial charge in [0.05, 0.1) is 43.9 Å². The predicted octanol–water partition coefficient (Wildman–Crippen LogP) is 0.428. The Balaban J connectivity index is 2.02. The highest BCUT2D eigenvalue weighted by Crippen LogP contribution is 2.23. The molecular formula is C14H21N3O4. The summed E-state index contributed by atoms with van der Waals surface area (Å²) in [7, 11) is 1.33. The molecule has 1 aliphatic heterocycles. The first-order valence-corrected chi connectivity index (χ1v) is 6.97. The van der Waals surface area contributed by atoms with E-state index in [0.717, 1.165) is 25.9 Å². The highest BCUT2D eigenvalue weighted by Gasteiger charge is 2.22. The first kappa shape index (κ1) is 15.5. The fourth-order valence-corrected chi connectivity index (χ4v) is 2.39. The number of piperidine rings is 1. The molecular weight excluding hydrogens is 274 g/mol. The first-order chi connectivity index (χ1) is 10.2. The summed E-state index contributed by atoms with van der Waals surface area (Å²) in [5.74, 6) is 0.252. The third-order valence-corrected chi connectivity index (χ3v) is 3.54. The summed E-state index contributed by atoms with van der Waals surface area (Å²) >= 11 is 0. The molecule has 2 heterocycles. The molecule has 0 amide bonds.